The van der Waals surface area contributed by atoms with Gasteiger partial charge in [-0.1, -0.05) is 30.3 Å². The summed E-state index contributed by atoms with van der Waals surface area (Å²) in [6, 6.07) is 9.33. The molecule has 2 rings (SSSR count). The molecule has 4 heteroatoms. The Kier molecular flexibility index (Phi) is 4.59. The molecular weight excluding hydrogens is 280 g/mol. The lowest BCUT2D eigenvalue weighted by molar-refractivity contribution is -0.163. The van der Waals surface area contributed by atoms with Crippen molar-refractivity contribution >= 4 is 11.9 Å². The summed E-state index contributed by atoms with van der Waals surface area (Å²) in [4.78, 5) is 24.0. The van der Waals surface area contributed by atoms with Gasteiger partial charge in [0.1, 0.15) is 5.60 Å². The summed E-state index contributed by atoms with van der Waals surface area (Å²) < 4.78 is 5.43. The minimum absolute atomic E-state index is 0.199. The number of esters is 1. The molecule has 1 aliphatic carbocycles. The number of carbonyl (C=O) groups excluding carboxylic acids is 1. The molecule has 22 heavy (non-hydrogen) atoms. The number of carbonyl (C=O) groups is 2. The van der Waals surface area contributed by atoms with Crippen LogP contribution in [0.1, 0.15) is 52.0 Å². The zero-order valence-electron chi connectivity index (χ0n) is 13.5. The van der Waals surface area contributed by atoms with E-state index in [2.05, 4.69) is 0 Å². The van der Waals surface area contributed by atoms with E-state index < -0.39 is 17.0 Å². The number of ether oxygens (including phenoxy) is 1. The summed E-state index contributed by atoms with van der Waals surface area (Å²) in [6.07, 6.45) is 2.04. The van der Waals surface area contributed by atoms with Gasteiger partial charge in [0.15, 0.2) is 0 Å². The first kappa shape index (κ1) is 16.5. The molecule has 0 radical (unpaired) electrons. The van der Waals surface area contributed by atoms with Gasteiger partial charge in [0.2, 0.25) is 0 Å². The molecule has 120 valence electrons. The fourth-order valence-electron chi connectivity index (χ4n) is 3.11. The Hall–Kier alpha value is -1.84. The molecule has 1 fully saturated rings. The molecular formula is C18H24O4. The fraction of sp³-hybridized carbons (Fsp3) is 0.556. The summed E-state index contributed by atoms with van der Waals surface area (Å²) in [5, 5.41) is 9.74. The Balaban J connectivity index is 2.11. The summed E-state index contributed by atoms with van der Waals surface area (Å²) >= 11 is 0. The topological polar surface area (TPSA) is 63.6 Å². The molecule has 0 saturated heterocycles. The van der Waals surface area contributed by atoms with Crippen LogP contribution in [0.4, 0.5) is 0 Å². The van der Waals surface area contributed by atoms with Crippen LogP contribution in [0.15, 0.2) is 30.3 Å². The Morgan fingerprint density at radius 2 is 1.68 bits per heavy atom. The average molecular weight is 304 g/mol. The van der Waals surface area contributed by atoms with Crippen molar-refractivity contribution in [1.82, 2.24) is 0 Å². The van der Waals surface area contributed by atoms with Crippen LogP contribution in [0.3, 0.4) is 0 Å². The summed E-state index contributed by atoms with van der Waals surface area (Å²) in [7, 11) is 0. The lowest BCUT2D eigenvalue weighted by Gasteiger charge is -2.37. The van der Waals surface area contributed by atoms with Crippen molar-refractivity contribution in [3.63, 3.8) is 0 Å². The quantitative estimate of drug-likeness (QED) is 0.868. The van der Waals surface area contributed by atoms with Gasteiger partial charge >= 0.3 is 11.9 Å². The molecule has 0 heterocycles. The highest BCUT2D eigenvalue weighted by Crippen LogP contribution is 2.42. The lowest BCUT2D eigenvalue weighted by Crippen LogP contribution is -2.41. The van der Waals surface area contributed by atoms with Crippen LogP contribution in [0.5, 0.6) is 0 Å². The van der Waals surface area contributed by atoms with Gasteiger partial charge < -0.3 is 9.84 Å². The minimum atomic E-state index is -0.875. The Morgan fingerprint density at radius 1 is 1.14 bits per heavy atom. The molecule has 0 aliphatic heterocycles. The highest BCUT2D eigenvalue weighted by atomic mass is 16.6. The van der Waals surface area contributed by atoms with E-state index in [1.165, 1.54) is 0 Å². The summed E-state index contributed by atoms with van der Waals surface area (Å²) in [5.74, 6) is -1.21. The average Bonchev–Trinajstić information content (AvgIpc) is 2.46. The van der Waals surface area contributed by atoms with Gasteiger partial charge in [-0.15, -0.1) is 0 Å². The number of carboxylic acid groups (broad SMARTS) is 1. The number of carboxylic acids is 1. The van der Waals surface area contributed by atoms with E-state index in [-0.39, 0.29) is 11.9 Å². The number of aliphatic carboxylic acids is 1. The first-order valence-electron chi connectivity index (χ1n) is 7.76. The van der Waals surface area contributed by atoms with Crippen molar-refractivity contribution in [3.05, 3.63) is 35.9 Å². The van der Waals surface area contributed by atoms with Crippen LogP contribution in [0, 0.1) is 5.92 Å². The zero-order valence-corrected chi connectivity index (χ0v) is 13.5. The largest absolute Gasteiger partial charge is 0.481 e. The molecule has 1 N–H and O–H groups in total. The van der Waals surface area contributed by atoms with E-state index in [0.29, 0.717) is 25.7 Å². The third-order valence-electron chi connectivity index (χ3n) is 4.32. The second-order valence-corrected chi connectivity index (χ2v) is 7.06. The van der Waals surface area contributed by atoms with Gasteiger partial charge in [-0.25, -0.2) is 0 Å². The predicted octanol–water partition coefficient (Wildman–Crippen LogP) is 3.54. The van der Waals surface area contributed by atoms with E-state index in [0.717, 1.165) is 5.56 Å². The molecule has 0 atom stereocenters. The minimum Gasteiger partial charge on any atom is -0.481 e. The molecule has 1 aromatic rings. The Bertz CT molecular complexity index is 534. The molecule has 0 spiro atoms. The molecule has 1 aliphatic rings. The molecule has 0 unspecified atom stereocenters. The second kappa shape index (κ2) is 6.11. The normalized spacial score (nSPS) is 25.5. The molecule has 4 nitrogen and oxygen atoms in total. The maximum absolute atomic E-state index is 12.2. The van der Waals surface area contributed by atoms with Gasteiger partial charge in [-0.05, 0) is 52.0 Å². The molecule has 0 amide bonds. The number of benzene rings is 1. The highest BCUT2D eigenvalue weighted by Gasteiger charge is 2.45. The SMILES string of the molecule is CC(C)(C)OC(=O)C1CCC(C(=O)O)(c2ccccc2)CC1. The van der Waals surface area contributed by atoms with Crippen molar-refractivity contribution in [3.8, 4) is 0 Å². The standard InChI is InChI=1S/C18H24O4/c1-17(2,3)22-15(19)13-9-11-18(12-10-13,16(20)21)14-7-5-4-6-8-14/h4-8,13H,9-12H2,1-3H3,(H,20,21). The van der Waals surface area contributed by atoms with Gasteiger partial charge in [-0.3, -0.25) is 9.59 Å². The number of hydrogen-bond acceptors (Lipinski definition) is 3. The fourth-order valence-corrected chi connectivity index (χ4v) is 3.11. The van der Waals surface area contributed by atoms with E-state index in [4.69, 9.17) is 4.74 Å². The Morgan fingerprint density at radius 3 is 2.14 bits per heavy atom. The van der Waals surface area contributed by atoms with Crippen molar-refractivity contribution < 1.29 is 19.4 Å². The number of hydrogen-bond donors (Lipinski definition) is 1. The van der Waals surface area contributed by atoms with Gasteiger partial charge in [0.25, 0.3) is 0 Å². The van der Waals surface area contributed by atoms with Gasteiger partial charge in [0, 0.05) is 0 Å². The summed E-state index contributed by atoms with van der Waals surface area (Å²) in [5.41, 5.74) is -0.553. The van der Waals surface area contributed by atoms with Gasteiger partial charge in [0.05, 0.1) is 11.3 Å². The van der Waals surface area contributed by atoms with Crippen LogP contribution in [-0.2, 0) is 19.7 Å². The van der Waals surface area contributed by atoms with Crippen LogP contribution in [0.25, 0.3) is 0 Å². The molecule has 0 aromatic heterocycles. The first-order valence-corrected chi connectivity index (χ1v) is 7.76. The lowest BCUT2D eigenvalue weighted by atomic mass is 9.66. The van der Waals surface area contributed by atoms with Gasteiger partial charge in [-0.2, -0.15) is 0 Å². The highest BCUT2D eigenvalue weighted by molar-refractivity contribution is 5.82. The first-order chi connectivity index (χ1) is 10.2. The van der Waals surface area contributed by atoms with E-state index >= 15 is 0 Å². The second-order valence-electron chi connectivity index (χ2n) is 7.06. The Labute approximate surface area is 131 Å². The molecule has 1 aromatic carbocycles. The van der Waals surface area contributed by atoms with Crippen molar-refractivity contribution in [2.45, 2.75) is 57.5 Å². The molecule has 1 saturated carbocycles. The third kappa shape index (κ3) is 3.49. The van der Waals surface area contributed by atoms with E-state index in [1.54, 1.807) is 0 Å². The maximum Gasteiger partial charge on any atom is 0.314 e. The van der Waals surface area contributed by atoms with Crippen molar-refractivity contribution in [2.24, 2.45) is 5.92 Å². The smallest absolute Gasteiger partial charge is 0.314 e. The molecule has 0 bridgehead atoms. The van der Waals surface area contributed by atoms with Crippen molar-refractivity contribution in [1.29, 1.82) is 0 Å². The van der Waals surface area contributed by atoms with Crippen LogP contribution < -0.4 is 0 Å². The van der Waals surface area contributed by atoms with Crippen LogP contribution in [-0.4, -0.2) is 22.6 Å². The summed E-state index contributed by atoms with van der Waals surface area (Å²) in [6.45, 7) is 5.54. The predicted molar refractivity (Wildman–Crippen MR) is 83.6 cm³/mol. The monoisotopic (exact) mass is 304 g/mol. The zero-order chi connectivity index (χ0) is 16.4. The number of rotatable bonds is 3. The third-order valence-corrected chi connectivity index (χ3v) is 4.32. The van der Waals surface area contributed by atoms with Crippen LogP contribution in [0.2, 0.25) is 0 Å². The van der Waals surface area contributed by atoms with Crippen molar-refractivity contribution in [2.75, 3.05) is 0 Å². The maximum atomic E-state index is 12.2. The van der Waals surface area contributed by atoms with E-state index in [9.17, 15) is 14.7 Å². The van der Waals surface area contributed by atoms with E-state index in [1.807, 2.05) is 51.1 Å². The van der Waals surface area contributed by atoms with Crippen LogP contribution >= 0.6 is 0 Å².